The van der Waals surface area contributed by atoms with E-state index in [4.69, 9.17) is 19.2 Å². The lowest BCUT2D eigenvalue weighted by molar-refractivity contribution is 0.0101. The molecule has 1 aromatic rings. The van der Waals surface area contributed by atoms with Crippen LogP contribution in [-0.4, -0.2) is 12.5 Å². The third kappa shape index (κ3) is 1.02. The monoisotopic (exact) mass is 315 g/mol. The number of hydrogen-bond acceptors (Lipinski definition) is 4. The highest BCUT2D eigenvalue weighted by Crippen LogP contribution is 2.66. The molecule has 0 aromatic heterocycles. The zero-order valence-electron chi connectivity index (χ0n) is 12.9. The van der Waals surface area contributed by atoms with Gasteiger partial charge in [0.15, 0.2) is 11.5 Å². The van der Waals surface area contributed by atoms with Gasteiger partial charge >= 0.3 is 0 Å². The van der Waals surface area contributed by atoms with E-state index in [2.05, 4.69) is 24.3 Å². The van der Waals surface area contributed by atoms with Crippen LogP contribution in [0.15, 0.2) is 69.5 Å². The Bertz CT molecular complexity index is 1040. The van der Waals surface area contributed by atoms with E-state index >= 15 is 0 Å². The molecule has 1 aromatic carbocycles. The first-order chi connectivity index (χ1) is 11.9. The van der Waals surface area contributed by atoms with Crippen LogP contribution in [0.25, 0.3) is 0 Å². The number of aliphatic imine (C=N–C) groups is 1. The summed E-state index contributed by atoms with van der Waals surface area (Å²) in [6.07, 6.45) is 7.00. The van der Waals surface area contributed by atoms with E-state index in [1.807, 2.05) is 0 Å². The topological polar surface area (TPSA) is 40.0 Å². The Balaban J connectivity index is 1.71. The minimum atomic E-state index is -0.293. The van der Waals surface area contributed by atoms with E-state index in [1.54, 1.807) is 6.26 Å². The van der Waals surface area contributed by atoms with Gasteiger partial charge in [-0.1, -0.05) is 12.1 Å². The standard InChI is InChI=1S/C20H13NO3/c1-2-10-7-15-13-6-11-8-22-9-23-18(11)19-20(13,12-4-5-14(12)21-15)17(10)16(3-1)24-19/h1-3,6,8H,4-5,7,9H2. The number of benzene rings is 1. The molecule has 7 rings (SSSR count). The molecule has 24 heavy (non-hydrogen) atoms. The van der Waals surface area contributed by atoms with Gasteiger partial charge in [0.05, 0.1) is 11.8 Å². The third-order valence-corrected chi connectivity index (χ3v) is 6.05. The van der Waals surface area contributed by atoms with Gasteiger partial charge in [0, 0.05) is 23.4 Å². The average Bonchev–Trinajstić information content (AvgIpc) is 2.92. The van der Waals surface area contributed by atoms with Crippen molar-refractivity contribution in [1.29, 1.82) is 0 Å². The minimum absolute atomic E-state index is 0.237. The molecule has 0 saturated heterocycles. The Morgan fingerprint density at radius 3 is 3.08 bits per heavy atom. The summed E-state index contributed by atoms with van der Waals surface area (Å²) in [5, 5.41) is 0. The molecule has 3 heterocycles. The van der Waals surface area contributed by atoms with Crippen LogP contribution in [0.3, 0.4) is 0 Å². The number of ether oxygens (including phenoxy) is 3. The first-order valence-corrected chi connectivity index (χ1v) is 8.40. The Morgan fingerprint density at radius 2 is 2.17 bits per heavy atom. The molecule has 0 saturated carbocycles. The molecule has 0 fully saturated rings. The minimum Gasteiger partial charge on any atom is -0.464 e. The molecule has 4 nitrogen and oxygen atoms in total. The maximum absolute atomic E-state index is 6.43. The summed E-state index contributed by atoms with van der Waals surface area (Å²) in [5.74, 6) is 2.72. The second kappa shape index (κ2) is 3.51. The molecule has 3 aliphatic heterocycles. The Kier molecular flexibility index (Phi) is 1.72. The average molecular weight is 315 g/mol. The molecule has 1 spiro atoms. The number of nitrogens with zero attached hydrogens (tertiary/aromatic N) is 1. The van der Waals surface area contributed by atoms with Crippen molar-refractivity contribution >= 4 is 5.71 Å². The Morgan fingerprint density at radius 1 is 1.17 bits per heavy atom. The highest BCUT2D eigenvalue weighted by Gasteiger charge is 2.62. The van der Waals surface area contributed by atoms with Crippen molar-refractivity contribution in [2.75, 3.05) is 6.79 Å². The van der Waals surface area contributed by atoms with Crippen LogP contribution in [0.2, 0.25) is 0 Å². The van der Waals surface area contributed by atoms with Crippen molar-refractivity contribution < 1.29 is 14.2 Å². The number of fused-ring (bicyclic) bond motifs is 1. The maximum Gasteiger partial charge on any atom is 0.230 e. The van der Waals surface area contributed by atoms with Crippen LogP contribution in [0.4, 0.5) is 0 Å². The van der Waals surface area contributed by atoms with Crippen molar-refractivity contribution in [2.24, 2.45) is 4.99 Å². The zero-order chi connectivity index (χ0) is 15.5. The Labute approximate surface area is 138 Å². The van der Waals surface area contributed by atoms with Gasteiger partial charge in [-0.25, -0.2) is 0 Å². The number of hydrogen-bond donors (Lipinski definition) is 0. The Hall–Kier alpha value is -2.75. The highest BCUT2D eigenvalue weighted by atomic mass is 16.7. The summed E-state index contributed by atoms with van der Waals surface area (Å²) in [6, 6.07) is 6.37. The third-order valence-electron chi connectivity index (χ3n) is 6.05. The molecule has 116 valence electrons. The normalized spacial score (nSPS) is 29.8. The lowest BCUT2D eigenvalue weighted by atomic mass is 9.55. The second-order valence-corrected chi connectivity index (χ2v) is 7.02. The molecule has 1 unspecified atom stereocenters. The maximum atomic E-state index is 6.43. The van der Waals surface area contributed by atoms with Crippen molar-refractivity contribution in [2.45, 2.75) is 24.7 Å². The van der Waals surface area contributed by atoms with Crippen molar-refractivity contribution in [3.05, 3.63) is 75.6 Å². The van der Waals surface area contributed by atoms with Gasteiger partial charge in [0.2, 0.25) is 6.79 Å². The fraction of sp³-hybridized carbons (Fsp3) is 0.250. The van der Waals surface area contributed by atoms with Crippen molar-refractivity contribution in [3.63, 3.8) is 0 Å². The van der Waals surface area contributed by atoms with Gasteiger partial charge in [-0.3, -0.25) is 4.99 Å². The largest absolute Gasteiger partial charge is 0.464 e. The lowest BCUT2D eigenvalue weighted by Crippen LogP contribution is -2.47. The van der Waals surface area contributed by atoms with E-state index in [1.165, 1.54) is 33.7 Å². The van der Waals surface area contributed by atoms with Crippen LogP contribution in [0.5, 0.6) is 5.75 Å². The van der Waals surface area contributed by atoms with Gasteiger partial charge < -0.3 is 14.2 Å². The molecular formula is C20H13NO3. The first-order valence-electron chi connectivity index (χ1n) is 8.40. The van der Waals surface area contributed by atoms with Crippen LogP contribution in [0, 0.1) is 0 Å². The predicted molar refractivity (Wildman–Crippen MR) is 86.4 cm³/mol. The molecule has 4 heteroatoms. The van der Waals surface area contributed by atoms with E-state index in [9.17, 15) is 0 Å². The summed E-state index contributed by atoms with van der Waals surface area (Å²) >= 11 is 0. The summed E-state index contributed by atoms with van der Waals surface area (Å²) in [7, 11) is 0. The summed E-state index contributed by atoms with van der Waals surface area (Å²) < 4.78 is 17.7. The molecular weight excluding hydrogens is 302 g/mol. The zero-order valence-corrected chi connectivity index (χ0v) is 12.9. The van der Waals surface area contributed by atoms with E-state index in [0.29, 0.717) is 0 Å². The number of allylic oxidation sites excluding steroid dienone is 3. The molecule has 0 radical (unpaired) electrons. The van der Waals surface area contributed by atoms with E-state index in [0.717, 1.165) is 42.1 Å². The van der Waals surface area contributed by atoms with Gasteiger partial charge in [-0.15, -0.1) is 0 Å². The van der Waals surface area contributed by atoms with Crippen LogP contribution in [-0.2, 0) is 21.3 Å². The lowest BCUT2D eigenvalue weighted by Gasteiger charge is -2.48. The first kappa shape index (κ1) is 11.7. The highest BCUT2D eigenvalue weighted by molar-refractivity contribution is 6.11. The molecule has 0 N–H and O–H groups in total. The SMILES string of the molecule is C1=C2C=C3C4=NC5=C(CC5)C35C(=C2OCO1)Oc1cccc(c15)C4. The van der Waals surface area contributed by atoms with Crippen molar-refractivity contribution in [3.8, 4) is 5.75 Å². The predicted octanol–water partition coefficient (Wildman–Crippen LogP) is 3.42. The summed E-state index contributed by atoms with van der Waals surface area (Å²) in [6.45, 7) is 0.237. The van der Waals surface area contributed by atoms with E-state index in [-0.39, 0.29) is 12.2 Å². The van der Waals surface area contributed by atoms with Gasteiger partial charge in [0.25, 0.3) is 0 Å². The molecule has 0 amide bonds. The van der Waals surface area contributed by atoms with Gasteiger partial charge in [0.1, 0.15) is 11.2 Å². The molecule has 2 bridgehead atoms. The summed E-state index contributed by atoms with van der Waals surface area (Å²) in [5.41, 5.74) is 8.40. The smallest absolute Gasteiger partial charge is 0.230 e. The fourth-order valence-electron chi connectivity index (χ4n) is 5.10. The van der Waals surface area contributed by atoms with Crippen LogP contribution >= 0.6 is 0 Å². The summed E-state index contributed by atoms with van der Waals surface area (Å²) in [4.78, 5) is 4.98. The quantitative estimate of drug-likeness (QED) is 0.736. The van der Waals surface area contributed by atoms with Crippen LogP contribution < -0.4 is 4.74 Å². The molecule has 3 aliphatic carbocycles. The van der Waals surface area contributed by atoms with Crippen molar-refractivity contribution in [1.82, 2.24) is 0 Å². The molecule has 6 aliphatic rings. The van der Waals surface area contributed by atoms with Gasteiger partial charge in [-0.05, 0) is 41.7 Å². The number of rotatable bonds is 0. The van der Waals surface area contributed by atoms with Crippen LogP contribution in [0.1, 0.15) is 24.0 Å². The molecule has 1 atom stereocenters. The van der Waals surface area contributed by atoms with Gasteiger partial charge in [-0.2, -0.15) is 0 Å². The fourth-order valence-corrected chi connectivity index (χ4v) is 5.10. The van der Waals surface area contributed by atoms with E-state index < -0.39 is 0 Å². The second-order valence-electron chi connectivity index (χ2n) is 7.02.